The molecule has 1 aliphatic carbocycles. The first-order valence-corrected chi connectivity index (χ1v) is 10.1. The number of nitrogens with one attached hydrogen (secondary N) is 1. The summed E-state index contributed by atoms with van der Waals surface area (Å²) in [6.45, 7) is 2.82. The van der Waals surface area contributed by atoms with E-state index in [4.69, 9.17) is 4.98 Å². The minimum atomic E-state index is -0.116. The van der Waals surface area contributed by atoms with Crippen LogP contribution in [0.2, 0.25) is 0 Å². The Morgan fingerprint density at radius 1 is 1.14 bits per heavy atom. The molecular weight excluding hydrogens is 350 g/mol. The molecule has 6 nitrogen and oxygen atoms in total. The van der Waals surface area contributed by atoms with Crippen LogP contribution in [0.4, 0.5) is 0 Å². The molecule has 144 valence electrons. The van der Waals surface area contributed by atoms with Crippen molar-refractivity contribution in [1.82, 2.24) is 24.6 Å². The topological polar surface area (TPSA) is 66.8 Å². The van der Waals surface area contributed by atoms with Gasteiger partial charge in [-0.1, -0.05) is 30.4 Å². The van der Waals surface area contributed by atoms with Crippen LogP contribution in [0.5, 0.6) is 0 Å². The van der Waals surface area contributed by atoms with Crippen LogP contribution in [-0.2, 0) is 6.54 Å². The van der Waals surface area contributed by atoms with Crippen molar-refractivity contribution in [1.29, 1.82) is 0 Å². The maximum atomic E-state index is 12.6. The number of para-hydroxylation sites is 1. The highest BCUT2D eigenvalue weighted by Gasteiger charge is 2.35. The monoisotopic (exact) mass is 375 g/mol. The molecule has 1 spiro atoms. The molecule has 28 heavy (non-hydrogen) atoms. The molecule has 3 heterocycles. The van der Waals surface area contributed by atoms with Crippen molar-refractivity contribution in [3.63, 3.8) is 0 Å². The van der Waals surface area contributed by atoms with Crippen molar-refractivity contribution in [2.75, 3.05) is 13.1 Å². The van der Waals surface area contributed by atoms with Crippen LogP contribution in [-0.4, -0.2) is 37.7 Å². The van der Waals surface area contributed by atoms with E-state index in [2.05, 4.69) is 27.1 Å². The van der Waals surface area contributed by atoms with Gasteiger partial charge in [-0.3, -0.25) is 9.69 Å². The molecular formula is C22H25N5O. The first kappa shape index (κ1) is 17.4. The van der Waals surface area contributed by atoms with E-state index in [1.54, 1.807) is 10.9 Å². The summed E-state index contributed by atoms with van der Waals surface area (Å²) in [6.07, 6.45) is 12.4. The SMILES string of the molecule is O=c1[nH]c(CN2CCCC3(CC=CCC3)C2)nc2c1cnn2-c1ccccc1. The van der Waals surface area contributed by atoms with E-state index in [0.29, 0.717) is 23.0 Å². The molecule has 1 saturated heterocycles. The number of likely N-dealkylation sites (tertiary alicyclic amines) is 1. The predicted molar refractivity (Wildman–Crippen MR) is 109 cm³/mol. The van der Waals surface area contributed by atoms with Crippen LogP contribution in [0.1, 0.15) is 37.9 Å². The quantitative estimate of drug-likeness (QED) is 0.712. The van der Waals surface area contributed by atoms with E-state index in [9.17, 15) is 4.79 Å². The molecule has 2 aromatic heterocycles. The van der Waals surface area contributed by atoms with Crippen LogP contribution >= 0.6 is 0 Å². The van der Waals surface area contributed by atoms with E-state index < -0.39 is 0 Å². The molecule has 1 aromatic carbocycles. The van der Waals surface area contributed by atoms with Gasteiger partial charge in [-0.05, 0) is 56.2 Å². The Balaban J connectivity index is 1.45. The molecule has 0 bridgehead atoms. The number of H-pyrrole nitrogens is 1. The van der Waals surface area contributed by atoms with Crippen LogP contribution in [0.15, 0.2) is 53.5 Å². The lowest BCUT2D eigenvalue weighted by atomic mass is 9.71. The Hall–Kier alpha value is -2.73. The zero-order valence-corrected chi connectivity index (χ0v) is 16.0. The predicted octanol–water partition coefficient (Wildman–Crippen LogP) is 3.43. The number of fused-ring (bicyclic) bond motifs is 1. The van der Waals surface area contributed by atoms with Crippen molar-refractivity contribution in [3.8, 4) is 5.69 Å². The number of hydrogen-bond acceptors (Lipinski definition) is 4. The van der Waals surface area contributed by atoms with E-state index in [1.807, 2.05) is 30.3 Å². The molecule has 0 radical (unpaired) electrons. The van der Waals surface area contributed by atoms with E-state index in [-0.39, 0.29) is 5.56 Å². The molecule has 3 aromatic rings. The number of hydrogen-bond donors (Lipinski definition) is 1. The standard InChI is InChI=1S/C22H25N5O/c28-21-18-14-23-27(17-8-3-1-4-9-17)20(18)24-19(25-21)15-26-13-7-12-22(16-26)10-5-2-6-11-22/h1-5,8-9,14H,6-7,10-13,15-16H2,(H,24,25,28). The summed E-state index contributed by atoms with van der Waals surface area (Å²) in [4.78, 5) is 22.8. The molecule has 5 rings (SSSR count). The zero-order valence-electron chi connectivity index (χ0n) is 16.0. The third-order valence-electron chi connectivity index (χ3n) is 6.16. The maximum absolute atomic E-state index is 12.6. The van der Waals surface area contributed by atoms with Gasteiger partial charge in [0.1, 0.15) is 11.2 Å². The fourth-order valence-corrected chi connectivity index (χ4v) is 4.77. The van der Waals surface area contributed by atoms with Crippen molar-refractivity contribution in [3.05, 3.63) is 64.9 Å². The highest BCUT2D eigenvalue weighted by Crippen LogP contribution is 2.40. The van der Waals surface area contributed by atoms with Gasteiger partial charge in [-0.25, -0.2) is 9.67 Å². The number of aromatic amines is 1. The van der Waals surface area contributed by atoms with Crippen molar-refractivity contribution in [2.45, 2.75) is 38.6 Å². The highest BCUT2D eigenvalue weighted by molar-refractivity contribution is 5.75. The first-order chi connectivity index (χ1) is 13.7. The summed E-state index contributed by atoms with van der Waals surface area (Å²) < 4.78 is 1.75. The zero-order chi connectivity index (χ0) is 19.0. The molecule has 1 aliphatic heterocycles. The highest BCUT2D eigenvalue weighted by atomic mass is 16.1. The number of rotatable bonds is 3. The first-order valence-electron chi connectivity index (χ1n) is 10.1. The lowest BCUT2D eigenvalue weighted by molar-refractivity contribution is 0.0723. The number of aromatic nitrogens is 4. The number of piperidine rings is 1. The Bertz CT molecular complexity index is 1070. The van der Waals surface area contributed by atoms with Gasteiger partial charge in [-0.15, -0.1) is 0 Å². The third kappa shape index (κ3) is 3.18. The Morgan fingerprint density at radius 3 is 2.86 bits per heavy atom. The second-order valence-electron chi connectivity index (χ2n) is 8.17. The lowest BCUT2D eigenvalue weighted by Crippen LogP contribution is -2.43. The summed E-state index contributed by atoms with van der Waals surface area (Å²) in [6, 6.07) is 9.83. The van der Waals surface area contributed by atoms with Gasteiger partial charge in [0, 0.05) is 6.54 Å². The smallest absolute Gasteiger partial charge is 0.262 e. The largest absolute Gasteiger partial charge is 0.309 e. The second-order valence-corrected chi connectivity index (χ2v) is 8.17. The van der Waals surface area contributed by atoms with Crippen LogP contribution in [0, 0.1) is 5.41 Å². The van der Waals surface area contributed by atoms with Gasteiger partial charge in [0.25, 0.3) is 5.56 Å². The van der Waals surface area contributed by atoms with Crippen molar-refractivity contribution in [2.24, 2.45) is 5.41 Å². The Morgan fingerprint density at radius 2 is 2.04 bits per heavy atom. The van der Waals surface area contributed by atoms with Gasteiger partial charge >= 0.3 is 0 Å². The number of allylic oxidation sites excluding steroid dienone is 2. The van der Waals surface area contributed by atoms with Crippen LogP contribution in [0.3, 0.4) is 0 Å². The van der Waals surface area contributed by atoms with Gasteiger partial charge < -0.3 is 4.98 Å². The summed E-state index contributed by atoms with van der Waals surface area (Å²) in [7, 11) is 0. The average molecular weight is 375 g/mol. The molecule has 2 aliphatic rings. The van der Waals surface area contributed by atoms with E-state index >= 15 is 0 Å². The van der Waals surface area contributed by atoms with Gasteiger partial charge in [0.15, 0.2) is 5.65 Å². The van der Waals surface area contributed by atoms with Crippen molar-refractivity contribution < 1.29 is 0 Å². The Labute approximate surface area is 163 Å². The van der Waals surface area contributed by atoms with Crippen LogP contribution in [0.25, 0.3) is 16.7 Å². The van der Waals surface area contributed by atoms with Crippen molar-refractivity contribution >= 4 is 11.0 Å². The summed E-state index contributed by atoms with van der Waals surface area (Å²) in [5.74, 6) is 0.721. The Kier molecular flexibility index (Phi) is 4.36. The molecule has 1 atom stereocenters. The summed E-state index contributed by atoms with van der Waals surface area (Å²) in [5.41, 5.74) is 1.82. The average Bonchev–Trinajstić information content (AvgIpc) is 3.14. The second kappa shape index (κ2) is 7.02. The van der Waals surface area contributed by atoms with Gasteiger partial charge in [0.2, 0.25) is 0 Å². The minimum absolute atomic E-state index is 0.116. The molecule has 6 heteroatoms. The fourth-order valence-electron chi connectivity index (χ4n) is 4.77. The van der Waals surface area contributed by atoms with E-state index in [1.165, 1.54) is 32.1 Å². The number of benzene rings is 1. The van der Waals surface area contributed by atoms with Gasteiger partial charge in [-0.2, -0.15) is 5.10 Å². The maximum Gasteiger partial charge on any atom is 0.262 e. The minimum Gasteiger partial charge on any atom is -0.309 e. The number of nitrogens with zero attached hydrogens (tertiary/aromatic N) is 4. The third-order valence-corrected chi connectivity index (χ3v) is 6.16. The molecule has 0 amide bonds. The van der Waals surface area contributed by atoms with Gasteiger partial charge in [0.05, 0.1) is 18.4 Å². The summed E-state index contributed by atoms with van der Waals surface area (Å²) in [5, 5.41) is 4.92. The molecule has 1 fully saturated rings. The fraction of sp³-hybridized carbons (Fsp3) is 0.409. The molecule has 1 N–H and O–H groups in total. The molecule has 0 saturated carbocycles. The van der Waals surface area contributed by atoms with Crippen LogP contribution < -0.4 is 5.56 Å². The summed E-state index contributed by atoms with van der Waals surface area (Å²) >= 11 is 0. The molecule has 1 unspecified atom stereocenters. The van der Waals surface area contributed by atoms with E-state index in [0.717, 1.165) is 24.6 Å². The lowest BCUT2D eigenvalue weighted by Gasteiger charge is -2.43. The normalized spacial score (nSPS) is 22.9.